The predicted molar refractivity (Wildman–Crippen MR) is 70.8 cm³/mol. The number of H-pyrrole nitrogens is 1. The van der Waals surface area contributed by atoms with Gasteiger partial charge in [-0.1, -0.05) is 19.8 Å². The topological polar surface area (TPSA) is 75.9 Å². The second kappa shape index (κ2) is 5.38. The molecule has 1 amide bonds. The number of nitrogens with two attached hydrogens (primary N) is 1. The number of primary amides is 1. The summed E-state index contributed by atoms with van der Waals surface area (Å²) in [5.41, 5.74) is 8.31. The Labute approximate surface area is 107 Å². The van der Waals surface area contributed by atoms with Crippen molar-refractivity contribution in [3.63, 3.8) is 0 Å². The van der Waals surface area contributed by atoms with Crippen LogP contribution in [0.4, 0.5) is 0 Å². The second-order valence-corrected chi connectivity index (χ2v) is 4.94. The Morgan fingerprint density at radius 1 is 1.22 bits per heavy atom. The van der Waals surface area contributed by atoms with Gasteiger partial charge in [0.15, 0.2) is 0 Å². The molecule has 0 unspecified atom stereocenters. The fraction of sp³-hybridized carbons (Fsp3) is 0.571. The minimum Gasteiger partial charge on any atom is -0.365 e. The molecule has 1 aliphatic rings. The molecular weight excluding hydrogens is 228 g/mol. The molecule has 0 bridgehead atoms. The maximum atomic E-state index is 12.0. The predicted octanol–water partition coefficient (Wildman–Crippen LogP) is 1.70. The van der Waals surface area contributed by atoms with Crippen LogP contribution in [0.2, 0.25) is 0 Å². The van der Waals surface area contributed by atoms with Crippen molar-refractivity contribution in [1.82, 2.24) is 4.98 Å². The van der Waals surface area contributed by atoms with Crippen LogP contribution in [0, 0.1) is 0 Å². The quantitative estimate of drug-likeness (QED) is 0.799. The number of carbonyl (C=O) groups excluding carboxylic acids is 1. The van der Waals surface area contributed by atoms with Crippen molar-refractivity contribution in [2.24, 2.45) is 5.73 Å². The summed E-state index contributed by atoms with van der Waals surface area (Å²) in [6.07, 6.45) is 6.88. The van der Waals surface area contributed by atoms with Crippen LogP contribution in [0.1, 0.15) is 59.8 Å². The van der Waals surface area contributed by atoms with Gasteiger partial charge in [-0.25, -0.2) is 0 Å². The zero-order valence-corrected chi connectivity index (χ0v) is 10.8. The number of hydrogen-bond donors (Lipinski definition) is 2. The first kappa shape index (κ1) is 12.9. The van der Waals surface area contributed by atoms with Crippen molar-refractivity contribution in [3.8, 4) is 0 Å². The molecule has 2 rings (SSSR count). The third-order valence-corrected chi connectivity index (χ3v) is 3.62. The minimum atomic E-state index is -0.600. The van der Waals surface area contributed by atoms with Crippen molar-refractivity contribution in [2.75, 3.05) is 0 Å². The van der Waals surface area contributed by atoms with Crippen molar-refractivity contribution in [2.45, 2.75) is 51.9 Å². The number of pyridine rings is 1. The number of aromatic nitrogens is 1. The molecule has 0 aliphatic heterocycles. The zero-order valence-electron chi connectivity index (χ0n) is 10.8. The number of hydrogen-bond acceptors (Lipinski definition) is 2. The number of nitrogens with one attached hydrogen (secondary N) is 1. The summed E-state index contributed by atoms with van der Waals surface area (Å²) in [6.45, 7) is 2.09. The molecule has 3 N–H and O–H groups in total. The summed E-state index contributed by atoms with van der Waals surface area (Å²) in [5.74, 6) is -0.600. The van der Waals surface area contributed by atoms with Crippen LogP contribution in [0.3, 0.4) is 0 Å². The number of aromatic amines is 1. The standard InChI is InChI=1S/C14H20N2O2/c1-2-6-11-9-7-4-3-5-8-10(9)12(13(15)17)14(18)16-11/h2-8H2,1H3,(H2,15,17)(H,16,18). The fourth-order valence-corrected chi connectivity index (χ4v) is 2.83. The van der Waals surface area contributed by atoms with Gasteiger partial charge >= 0.3 is 0 Å². The van der Waals surface area contributed by atoms with Gasteiger partial charge in [-0.3, -0.25) is 9.59 Å². The number of fused-ring (bicyclic) bond motifs is 1. The number of amides is 1. The van der Waals surface area contributed by atoms with Crippen LogP contribution >= 0.6 is 0 Å². The maximum Gasteiger partial charge on any atom is 0.261 e. The van der Waals surface area contributed by atoms with Gasteiger partial charge in [0, 0.05) is 5.69 Å². The smallest absolute Gasteiger partial charge is 0.261 e. The van der Waals surface area contributed by atoms with E-state index in [-0.39, 0.29) is 11.1 Å². The van der Waals surface area contributed by atoms with Gasteiger partial charge < -0.3 is 10.7 Å². The van der Waals surface area contributed by atoms with E-state index in [2.05, 4.69) is 11.9 Å². The normalized spacial score (nSPS) is 14.9. The Morgan fingerprint density at radius 3 is 2.50 bits per heavy atom. The SMILES string of the molecule is CCCc1[nH]c(=O)c(C(N)=O)c2c1CCCCC2. The zero-order chi connectivity index (χ0) is 13.1. The molecule has 0 aromatic carbocycles. The maximum absolute atomic E-state index is 12.0. The molecule has 1 aromatic heterocycles. The lowest BCUT2D eigenvalue weighted by molar-refractivity contribution is 0.0998. The van der Waals surface area contributed by atoms with Crippen LogP contribution in [-0.2, 0) is 19.3 Å². The first-order valence-corrected chi connectivity index (χ1v) is 6.71. The Balaban J connectivity index is 2.65. The summed E-state index contributed by atoms with van der Waals surface area (Å²) >= 11 is 0. The summed E-state index contributed by atoms with van der Waals surface area (Å²) in [5, 5.41) is 0. The largest absolute Gasteiger partial charge is 0.365 e. The molecular formula is C14H20N2O2. The van der Waals surface area contributed by atoms with Gasteiger partial charge in [0.25, 0.3) is 11.5 Å². The fourth-order valence-electron chi connectivity index (χ4n) is 2.83. The molecule has 4 nitrogen and oxygen atoms in total. The highest BCUT2D eigenvalue weighted by Gasteiger charge is 2.21. The number of carbonyl (C=O) groups is 1. The van der Waals surface area contributed by atoms with E-state index in [1.807, 2.05) is 0 Å². The Kier molecular flexibility index (Phi) is 3.84. The number of rotatable bonds is 3. The van der Waals surface area contributed by atoms with E-state index < -0.39 is 5.91 Å². The number of aryl methyl sites for hydroxylation is 1. The molecule has 1 aromatic rings. The first-order valence-electron chi connectivity index (χ1n) is 6.71. The third kappa shape index (κ3) is 2.33. The highest BCUT2D eigenvalue weighted by molar-refractivity contribution is 5.94. The van der Waals surface area contributed by atoms with E-state index >= 15 is 0 Å². The van der Waals surface area contributed by atoms with Gasteiger partial charge in [0.2, 0.25) is 0 Å². The van der Waals surface area contributed by atoms with Crippen molar-refractivity contribution in [3.05, 3.63) is 32.7 Å². The van der Waals surface area contributed by atoms with Crippen LogP contribution in [0.25, 0.3) is 0 Å². The summed E-state index contributed by atoms with van der Waals surface area (Å²) in [7, 11) is 0. The second-order valence-electron chi connectivity index (χ2n) is 4.94. The molecule has 0 atom stereocenters. The molecule has 4 heteroatoms. The van der Waals surface area contributed by atoms with Gasteiger partial charge in [-0.15, -0.1) is 0 Å². The highest BCUT2D eigenvalue weighted by atomic mass is 16.2. The van der Waals surface area contributed by atoms with Crippen LogP contribution < -0.4 is 11.3 Å². The van der Waals surface area contributed by atoms with E-state index in [0.29, 0.717) is 0 Å². The van der Waals surface area contributed by atoms with E-state index in [1.165, 1.54) is 5.56 Å². The van der Waals surface area contributed by atoms with Gasteiger partial charge in [-0.2, -0.15) is 0 Å². The average molecular weight is 248 g/mol. The summed E-state index contributed by atoms with van der Waals surface area (Å²) < 4.78 is 0. The van der Waals surface area contributed by atoms with E-state index in [0.717, 1.165) is 56.2 Å². The highest BCUT2D eigenvalue weighted by Crippen LogP contribution is 2.24. The van der Waals surface area contributed by atoms with Gasteiger partial charge in [-0.05, 0) is 43.2 Å². The van der Waals surface area contributed by atoms with Gasteiger partial charge in [0.1, 0.15) is 5.56 Å². The lowest BCUT2D eigenvalue weighted by Gasteiger charge is -2.14. The monoisotopic (exact) mass is 248 g/mol. The molecule has 98 valence electrons. The van der Waals surface area contributed by atoms with Gasteiger partial charge in [0.05, 0.1) is 0 Å². The molecule has 0 radical (unpaired) electrons. The van der Waals surface area contributed by atoms with Crippen LogP contribution in [0.15, 0.2) is 4.79 Å². The van der Waals surface area contributed by atoms with E-state index in [9.17, 15) is 9.59 Å². The molecule has 1 heterocycles. The Bertz CT molecular complexity index is 517. The van der Waals surface area contributed by atoms with Crippen molar-refractivity contribution >= 4 is 5.91 Å². The molecule has 0 fully saturated rings. The van der Waals surface area contributed by atoms with Crippen molar-refractivity contribution < 1.29 is 4.79 Å². The lowest BCUT2D eigenvalue weighted by Crippen LogP contribution is -2.28. The molecule has 0 saturated carbocycles. The van der Waals surface area contributed by atoms with Crippen molar-refractivity contribution in [1.29, 1.82) is 0 Å². The van der Waals surface area contributed by atoms with Crippen LogP contribution in [0.5, 0.6) is 0 Å². The molecule has 1 aliphatic carbocycles. The third-order valence-electron chi connectivity index (χ3n) is 3.62. The Hall–Kier alpha value is -1.58. The van der Waals surface area contributed by atoms with E-state index in [1.54, 1.807) is 0 Å². The lowest BCUT2D eigenvalue weighted by atomic mass is 9.95. The Morgan fingerprint density at radius 2 is 1.89 bits per heavy atom. The van der Waals surface area contributed by atoms with E-state index in [4.69, 9.17) is 5.73 Å². The minimum absolute atomic E-state index is 0.187. The summed E-state index contributed by atoms with van der Waals surface area (Å²) in [4.78, 5) is 26.3. The first-order chi connectivity index (χ1) is 8.65. The molecule has 18 heavy (non-hydrogen) atoms. The molecule has 0 saturated heterocycles. The molecule has 0 spiro atoms. The average Bonchev–Trinajstić information content (AvgIpc) is 2.54. The summed E-state index contributed by atoms with van der Waals surface area (Å²) in [6, 6.07) is 0. The van der Waals surface area contributed by atoms with Crippen LogP contribution in [-0.4, -0.2) is 10.9 Å².